The monoisotopic (exact) mass is 579 g/mol. The predicted molar refractivity (Wildman–Crippen MR) is 184 cm³/mol. The molecule has 4 aromatic rings. The highest BCUT2D eigenvalue weighted by molar-refractivity contribution is 6.23. The smallest absolute Gasteiger partial charge is 0.201 e. The number of benzene rings is 4. The van der Waals surface area contributed by atoms with Gasteiger partial charge in [0.1, 0.15) is 5.76 Å². The fourth-order valence-electron chi connectivity index (χ4n) is 8.19. The number of carbonyl (C=O) groups is 1. The molecule has 3 nitrogen and oxygen atoms in total. The van der Waals surface area contributed by atoms with E-state index >= 15 is 0 Å². The number of aliphatic hydroxyl groups excluding tert-OH is 1. The van der Waals surface area contributed by atoms with Gasteiger partial charge in [-0.3, -0.25) is 4.79 Å². The van der Waals surface area contributed by atoms with Crippen LogP contribution in [0.2, 0.25) is 0 Å². The zero-order valence-corrected chi connectivity index (χ0v) is 26.7. The van der Waals surface area contributed by atoms with Crippen molar-refractivity contribution in [1.82, 2.24) is 0 Å². The molecule has 7 rings (SSSR count). The van der Waals surface area contributed by atoms with Gasteiger partial charge >= 0.3 is 0 Å². The van der Waals surface area contributed by atoms with Crippen LogP contribution in [-0.4, -0.2) is 10.9 Å². The topological polar surface area (TPSA) is 49.3 Å². The third-order valence-corrected chi connectivity index (χ3v) is 10.2. The first-order valence-corrected chi connectivity index (χ1v) is 16.1. The standard InChI is InChI=1S/C41H41NO2/c1-7-13-29(31-23-26-20-19-24-15-9-11-17-27(24)35(26)40(31,3)4)33-37(43)34(38(33)44)30(14-8-2)39-41(5,6)36-28-18-12-10-16-25(28)21-22-32(36)42-39/h9-12,15-23,42-43H,7-8,13-14H2,1-6H3/b33-29-,39-30+. The highest BCUT2D eigenvalue weighted by Crippen LogP contribution is 2.54. The van der Waals surface area contributed by atoms with E-state index in [9.17, 15) is 9.90 Å². The maximum Gasteiger partial charge on any atom is 0.201 e. The van der Waals surface area contributed by atoms with E-state index in [4.69, 9.17) is 0 Å². The number of ketones is 1. The quantitative estimate of drug-likeness (QED) is 0.223. The van der Waals surface area contributed by atoms with Crippen molar-refractivity contribution in [2.45, 2.75) is 78.1 Å². The number of hydrogen-bond donors (Lipinski definition) is 2. The van der Waals surface area contributed by atoms with Crippen molar-refractivity contribution in [3.8, 4) is 0 Å². The molecular weight excluding hydrogens is 538 g/mol. The Bertz CT molecular complexity index is 2030. The molecule has 2 N–H and O–H groups in total. The lowest BCUT2D eigenvalue weighted by Crippen LogP contribution is -2.30. The van der Waals surface area contributed by atoms with Crippen LogP contribution in [-0.2, 0) is 15.6 Å². The minimum Gasteiger partial charge on any atom is -0.506 e. The summed E-state index contributed by atoms with van der Waals surface area (Å²) in [7, 11) is 0. The minimum absolute atomic E-state index is 0.0298. The Labute approximate surface area is 260 Å². The van der Waals surface area contributed by atoms with Gasteiger partial charge in [0.2, 0.25) is 5.78 Å². The summed E-state index contributed by atoms with van der Waals surface area (Å²) in [5, 5.41) is 20.5. The van der Waals surface area contributed by atoms with Crippen LogP contribution in [0.1, 0.15) is 83.9 Å². The van der Waals surface area contributed by atoms with Crippen molar-refractivity contribution in [3.05, 3.63) is 129 Å². The van der Waals surface area contributed by atoms with Crippen molar-refractivity contribution < 1.29 is 9.90 Å². The molecule has 222 valence electrons. The molecule has 1 aliphatic heterocycles. The zero-order chi connectivity index (χ0) is 31.0. The normalized spacial score (nSPS) is 20.3. The largest absolute Gasteiger partial charge is 0.506 e. The summed E-state index contributed by atoms with van der Waals surface area (Å²) in [5.74, 6) is 0.128. The summed E-state index contributed by atoms with van der Waals surface area (Å²) in [6.45, 7) is 13.3. The molecule has 0 bridgehead atoms. The molecule has 0 fully saturated rings. The van der Waals surface area contributed by atoms with Gasteiger partial charge in [0.15, 0.2) is 0 Å². The Morgan fingerprint density at radius 3 is 1.95 bits per heavy atom. The summed E-state index contributed by atoms with van der Waals surface area (Å²) in [6.07, 6.45) is 5.47. The number of anilines is 1. The second kappa shape index (κ2) is 10.1. The summed E-state index contributed by atoms with van der Waals surface area (Å²) >= 11 is 0. The fourth-order valence-corrected chi connectivity index (χ4v) is 8.19. The van der Waals surface area contributed by atoms with Crippen LogP contribution in [0.5, 0.6) is 0 Å². The van der Waals surface area contributed by atoms with E-state index in [0.29, 0.717) is 17.6 Å². The van der Waals surface area contributed by atoms with Crippen LogP contribution in [0.3, 0.4) is 0 Å². The Balaban J connectivity index is 1.38. The molecule has 0 aromatic heterocycles. The van der Waals surface area contributed by atoms with Gasteiger partial charge in [0.25, 0.3) is 0 Å². The molecule has 0 saturated heterocycles. The number of fused-ring (bicyclic) bond motifs is 6. The van der Waals surface area contributed by atoms with Crippen LogP contribution >= 0.6 is 0 Å². The third kappa shape index (κ3) is 3.91. The highest BCUT2D eigenvalue weighted by Gasteiger charge is 2.46. The molecule has 0 spiro atoms. The number of rotatable bonds is 6. The second-order valence-corrected chi connectivity index (χ2v) is 13.7. The van der Waals surface area contributed by atoms with Crippen molar-refractivity contribution in [2.24, 2.45) is 0 Å². The number of aliphatic hydroxyl groups is 1. The number of carbonyl (C=O) groups excluding carboxylic acids is 1. The Morgan fingerprint density at radius 2 is 1.32 bits per heavy atom. The molecule has 1 heterocycles. The highest BCUT2D eigenvalue weighted by atomic mass is 16.3. The maximum atomic E-state index is 14.3. The third-order valence-electron chi connectivity index (χ3n) is 10.2. The number of hydrogen-bond acceptors (Lipinski definition) is 3. The first-order valence-electron chi connectivity index (χ1n) is 16.1. The van der Waals surface area contributed by atoms with Gasteiger partial charge in [-0.2, -0.15) is 0 Å². The van der Waals surface area contributed by atoms with Gasteiger partial charge in [-0.1, -0.05) is 127 Å². The van der Waals surface area contributed by atoms with Gasteiger partial charge in [-0.15, -0.1) is 0 Å². The van der Waals surface area contributed by atoms with Crippen molar-refractivity contribution >= 4 is 39.1 Å². The summed E-state index contributed by atoms with van der Waals surface area (Å²) in [5.41, 5.74) is 9.25. The molecular formula is C41H41NO2. The summed E-state index contributed by atoms with van der Waals surface area (Å²) in [4.78, 5) is 14.3. The predicted octanol–water partition coefficient (Wildman–Crippen LogP) is 10.6. The first kappa shape index (κ1) is 28.4. The van der Waals surface area contributed by atoms with Crippen molar-refractivity contribution in [2.75, 3.05) is 5.32 Å². The average molecular weight is 580 g/mol. The molecule has 4 aromatic carbocycles. The molecule has 0 saturated carbocycles. The lowest BCUT2D eigenvalue weighted by molar-refractivity contribution is -0.113. The minimum atomic E-state index is -0.349. The molecule has 0 unspecified atom stereocenters. The lowest BCUT2D eigenvalue weighted by Gasteiger charge is -2.33. The molecule has 44 heavy (non-hydrogen) atoms. The van der Waals surface area contributed by atoms with Crippen LogP contribution in [0.4, 0.5) is 5.69 Å². The molecule has 0 atom stereocenters. The van der Waals surface area contributed by atoms with Crippen molar-refractivity contribution in [1.29, 1.82) is 0 Å². The Kier molecular flexibility index (Phi) is 6.51. The van der Waals surface area contributed by atoms with E-state index in [0.717, 1.165) is 47.4 Å². The maximum absolute atomic E-state index is 14.3. The van der Waals surface area contributed by atoms with Crippen LogP contribution in [0.25, 0.3) is 27.6 Å². The number of allylic oxidation sites excluding steroid dienone is 6. The van der Waals surface area contributed by atoms with E-state index in [-0.39, 0.29) is 22.4 Å². The second-order valence-electron chi connectivity index (χ2n) is 13.7. The zero-order valence-electron chi connectivity index (χ0n) is 26.7. The fraction of sp³-hybridized carbons (Fsp3) is 0.293. The average Bonchev–Trinajstić information content (AvgIpc) is 3.45. The molecule has 0 radical (unpaired) electrons. The van der Waals surface area contributed by atoms with Crippen LogP contribution < -0.4 is 5.32 Å². The van der Waals surface area contributed by atoms with Crippen molar-refractivity contribution in [3.63, 3.8) is 0 Å². The van der Waals surface area contributed by atoms with Gasteiger partial charge in [0.05, 0.1) is 11.1 Å². The SMILES string of the molecule is CCC/C(C1=Cc2ccc3ccccc3c2C1(C)C)=C1/C(=O)C(C(/CCC)=C2/Nc3ccc4ccccc4c3C2(C)C)=C1O. The molecule has 2 aliphatic carbocycles. The van der Waals surface area contributed by atoms with Gasteiger partial charge in [-0.05, 0) is 73.9 Å². The van der Waals surface area contributed by atoms with E-state index in [1.54, 1.807) is 0 Å². The molecule has 0 amide bonds. The van der Waals surface area contributed by atoms with E-state index in [1.165, 1.54) is 38.2 Å². The molecule has 3 aliphatic rings. The van der Waals surface area contributed by atoms with E-state index in [1.807, 2.05) is 0 Å². The number of Topliss-reactive ketones (excluding diaryl/α,β-unsaturated/α-hetero) is 1. The summed E-state index contributed by atoms with van der Waals surface area (Å²) in [6, 6.07) is 25.7. The Hall–Kier alpha value is -4.37. The first-order chi connectivity index (χ1) is 21.1. The van der Waals surface area contributed by atoms with Gasteiger partial charge in [0, 0.05) is 22.2 Å². The Morgan fingerprint density at radius 1 is 0.727 bits per heavy atom. The van der Waals surface area contributed by atoms with E-state index in [2.05, 4.69) is 126 Å². The van der Waals surface area contributed by atoms with Crippen LogP contribution in [0, 0.1) is 0 Å². The lowest BCUT2D eigenvalue weighted by atomic mass is 9.70. The van der Waals surface area contributed by atoms with Crippen LogP contribution in [0.15, 0.2) is 112 Å². The van der Waals surface area contributed by atoms with Gasteiger partial charge < -0.3 is 10.4 Å². The summed E-state index contributed by atoms with van der Waals surface area (Å²) < 4.78 is 0. The number of nitrogens with one attached hydrogen (secondary N) is 1. The van der Waals surface area contributed by atoms with Gasteiger partial charge in [-0.25, -0.2) is 0 Å². The molecule has 3 heteroatoms. The van der Waals surface area contributed by atoms with E-state index < -0.39 is 0 Å².